The number of benzene rings is 3. The Kier molecular flexibility index (Phi) is 6.93. The van der Waals surface area contributed by atoms with Gasteiger partial charge in [0.15, 0.2) is 6.42 Å². The Labute approximate surface area is 247 Å². The Bertz CT molecular complexity index is 2030. The molecule has 0 unspecified atom stereocenters. The number of carbonyl (C=O) groups is 1. The van der Waals surface area contributed by atoms with Crippen molar-refractivity contribution in [2.75, 3.05) is 0 Å². The molecule has 0 bridgehead atoms. The van der Waals surface area contributed by atoms with Crippen molar-refractivity contribution in [2.45, 2.75) is 33.2 Å². The maximum atomic E-state index is 12.3. The Morgan fingerprint density at radius 3 is 1.20 bits per heavy atom. The number of aliphatic carboxylic acids is 1. The van der Waals surface area contributed by atoms with Crippen LogP contribution in [0.15, 0.2) is 100 Å². The van der Waals surface area contributed by atoms with Gasteiger partial charge in [0.2, 0.25) is 0 Å². The summed E-state index contributed by atoms with van der Waals surface area (Å²) in [6, 6.07) is 17.9. The summed E-state index contributed by atoms with van der Waals surface area (Å²) < 4.78 is 34.5. The van der Waals surface area contributed by atoms with Gasteiger partial charge in [-0.2, -0.15) is 0 Å². The van der Waals surface area contributed by atoms with Crippen LogP contribution in [0.2, 0.25) is 0 Å². The van der Waals surface area contributed by atoms with Crippen LogP contribution in [0, 0.1) is 20.8 Å². The third-order valence-corrected chi connectivity index (χ3v) is 6.96. The fraction of sp³-hybridized carbons (Fsp3) is 0.152. The van der Waals surface area contributed by atoms with Crippen molar-refractivity contribution in [1.29, 1.82) is 0 Å². The molecule has 0 saturated heterocycles. The first-order chi connectivity index (χ1) is 21.0. The minimum Gasteiger partial charge on any atom is -0.481 e. The van der Waals surface area contributed by atoms with Crippen LogP contribution in [0.4, 0.5) is 0 Å². The second-order valence-electron chi connectivity index (χ2n) is 10.3. The lowest BCUT2D eigenvalue weighted by atomic mass is 10.1. The monoisotopic (exact) mass is 596 g/mol. The number of carboxylic acid groups (broad SMARTS) is 1. The zero-order chi connectivity index (χ0) is 31.2. The average molecular weight is 597 g/mol. The van der Waals surface area contributed by atoms with Crippen molar-refractivity contribution in [1.82, 2.24) is 0 Å². The molecule has 0 aliphatic heterocycles. The van der Waals surface area contributed by atoms with E-state index in [0.717, 1.165) is 0 Å². The summed E-state index contributed by atoms with van der Waals surface area (Å²) in [5.41, 5.74) is 0.897. The molecule has 3 heterocycles. The Morgan fingerprint density at radius 2 is 0.909 bits per heavy atom. The normalized spacial score (nSPS) is 11.6. The number of hydrogen-bond donors (Lipinski definition) is 1. The van der Waals surface area contributed by atoms with Gasteiger partial charge in [0.25, 0.3) is 0 Å². The SMILES string of the molecule is Cc1cc(=O)oc2cc(OC(CC(=O)O)(Oc3ccc4c(C)cc(=O)oc4c3)Oc3ccc4c(C)cc(=O)oc4c3)ccc12. The predicted octanol–water partition coefficient (Wildman–Crippen LogP) is 5.60. The highest BCUT2D eigenvalue weighted by Gasteiger charge is 2.42. The van der Waals surface area contributed by atoms with Gasteiger partial charge >= 0.3 is 28.8 Å². The molecular formula is C33H24O11. The molecular weight excluding hydrogens is 572 g/mol. The van der Waals surface area contributed by atoms with Gasteiger partial charge in [0.05, 0.1) is 0 Å². The third kappa shape index (κ3) is 5.62. The first-order valence-corrected chi connectivity index (χ1v) is 13.4. The van der Waals surface area contributed by atoms with E-state index in [1.807, 2.05) is 0 Å². The summed E-state index contributed by atoms with van der Waals surface area (Å²) in [6.45, 7) is 5.25. The highest BCUT2D eigenvalue weighted by molar-refractivity contribution is 5.83. The van der Waals surface area contributed by atoms with Crippen molar-refractivity contribution >= 4 is 38.9 Å². The Morgan fingerprint density at radius 1 is 0.591 bits per heavy atom. The van der Waals surface area contributed by atoms with E-state index in [9.17, 15) is 24.3 Å². The van der Waals surface area contributed by atoms with Gasteiger partial charge in [-0.15, -0.1) is 0 Å². The van der Waals surface area contributed by atoms with Crippen LogP contribution in [0.1, 0.15) is 23.1 Å². The molecule has 6 aromatic rings. The summed E-state index contributed by atoms with van der Waals surface area (Å²) in [5.74, 6) is -3.56. The van der Waals surface area contributed by atoms with E-state index in [-0.39, 0.29) is 34.0 Å². The van der Waals surface area contributed by atoms with E-state index >= 15 is 0 Å². The van der Waals surface area contributed by atoms with Crippen LogP contribution in [0.3, 0.4) is 0 Å². The molecule has 0 radical (unpaired) electrons. The molecule has 1 N–H and O–H groups in total. The number of ether oxygens (including phenoxy) is 3. The molecule has 3 aromatic carbocycles. The number of carboxylic acids is 1. The van der Waals surface area contributed by atoms with Crippen molar-refractivity contribution in [2.24, 2.45) is 0 Å². The summed E-state index contributed by atoms with van der Waals surface area (Å²) in [7, 11) is 0. The quantitative estimate of drug-likeness (QED) is 0.172. The van der Waals surface area contributed by atoms with Crippen LogP contribution >= 0.6 is 0 Å². The fourth-order valence-electron chi connectivity index (χ4n) is 5.00. The summed E-state index contributed by atoms with van der Waals surface area (Å²) in [4.78, 5) is 48.4. The van der Waals surface area contributed by atoms with E-state index in [4.69, 9.17) is 27.5 Å². The van der Waals surface area contributed by atoms with Gasteiger partial charge in [-0.05, 0) is 73.9 Å². The molecule has 3 aromatic heterocycles. The summed E-state index contributed by atoms with van der Waals surface area (Å²) in [6.07, 6.45) is -0.853. The van der Waals surface area contributed by atoms with Gasteiger partial charge in [0, 0.05) is 52.6 Å². The third-order valence-electron chi connectivity index (χ3n) is 6.96. The molecule has 0 spiro atoms. The van der Waals surface area contributed by atoms with E-state index in [2.05, 4.69) is 0 Å². The number of fused-ring (bicyclic) bond motifs is 3. The highest BCUT2D eigenvalue weighted by atomic mass is 16.9. The van der Waals surface area contributed by atoms with Crippen molar-refractivity contribution in [3.05, 3.63) is 121 Å². The van der Waals surface area contributed by atoms with Crippen molar-refractivity contribution in [3.63, 3.8) is 0 Å². The van der Waals surface area contributed by atoms with Gasteiger partial charge in [-0.1, -0.05) is 0 Å². The maximum absolute atomic E-state index is 12.3. The predicted molar refractivity (Wildman–Crippen MR) is 159 cm³/mol. The van der Waals surface area contributed by atoms with Gasteiger partial charge in [-0.25, -0.2) is 14.4 Å². The highest BCUT2D eigenvalue weighted by Crippen LogP contribution is 2.34. The zero-order valence-corrected chi connectivity index (χ0v) is 23.7. The van der Waals surface area contributed by atoms with Crippen LogP contribution in [0.25, 0.3) is 32.9 Å². The van der Waals surface area contributed by atoms with Gasteiger partial charge in [-0.3, -0.25) is 4.79 Å². The second kappa shape index (κ2) is 10.8. The van der Waals surface area contributed by atoms with Crippen molar-refractivity contribution in [3.8, 4) is 17.2 Å². The number of hydrogen-bond acceptors (Lipinski definition) is 10. The first kappa shape index (κ1) is 28.3. The van der Waals surface area contributed by atoms with Gasteiger partial charge < -0.3 is 32.6 Å². The zero-order valence-electron chi connectivity index (χ0n) is 23.7. The molecule has 0 saturated carbocycles. The lowest BCUT2D eigenvalue weighted by Crippen LogP contribution is -2.50. The van der Waals surface area contributed by atoms with E-state index < -0.39 is 35.2 Å². The number of rotatable bonds is 8. The molecule has 0 fully saturated rings. The lowest BCUT2D eigenvalue weighted by molar-refractivity contribution is -0.256. The van der Waals surface area contributed by atoms with Crippen molar-refractivity contribution < 1.29 is 37.4 Å². The standard InChI is InChI=1S/C33H24O11/c1-17-10-30(36)39-26-13-20(4-7-23(17)26)42-33(16-29(34)35,43-21-5-8-24-18(2)11-31(37)40-27(24)14-21)44-22-6-9-25-19(3)12-32(38)41-28(25)15-22/h4-15H,16H2,1-3H3,(H,34,35). The molecule has 6 rings (SSSR count). The molecule has 0 atom stereocenters. The molecule has 0 amide bonds. The minimum atomic E-state index is -2.38. The molecule has 0 aliphatic carbocycles. The maximum Gasteiger partial charge on any atom is 0.428 e. The Balaban J connectivity index is 1.50. The minimum absolute atomic E-state index is 0.0545. The molecule has 0 aliphatic rings. The van der Waals surface area contributed by atoms with E-state index in [0.29, 0.717) is 32.8 Å². The second-order valence-corrected chi connectivity index (χ2v) is 10.3. The van der Waals surface area contributed by atoms with Crippen LogP contribution in [-0.2, 0) is 4.79 Å². The fourth-order valence-corrected chi connectivity index (χ4v) is 5.00. The summed E-state index contributed by atoms with van der Waals surface area (Å²) in [5, 5.41) is 11.9. The Hall–Kier alpha value is -5.84. The molecule has 11 nitrogen and oxygen atoms in total. The summed E-state index contributed by atoms with van der Waals surface area (Å²) >= 11 is 0. The van der Waals surface area contributed by atoms with Crippen LogP contribution in [-0.4, -0.2) is 17.0 Å². The van der Waals surface area contributed by atoms with Crippen LogP contribution < -0.4 is 31.1 Å². The largest absolute Gasteiger partial charge is 0.481 e. The molecule has 222 valence electrons. The first-order valence-electron chi connectivity index (χ1n) is 13.4. The topological polar surface area (TPSA) is 156 Å². The van der Waals surface area contributed by atoms with E-state index in [1.165, 1.54) is 36.4 Å². The molecule has 11 heteroatoms. The average Bonchev–Trinajstić information content (AvgIpc) is 2.91. The molecule has 44 heavy (non-hydrogen) atoms. The number of aryl methyl sites for hydroxylation is 3. The van der Waals surface area contributed by atoms with E-state index in [1.54, 1.807) is 57.2 Å². The smallest absolute Gasteiger partial charge is 0.428 e. The lowest BCUT2D eigenvalue weighted by Gasteiger charge is -2.33. The van der Waals surface area contributed by atoms with Crippen LogP contribution in [0.5, 0.6) is 17.2 Å². The van der Waals surface area contributed by atoms with Gasteiger partial charge in [0.1, 0.15) is 34.0 Å².